The van der Waals surface area contributed by atoms with Crippen molar-refractivity contribution in [3.63, 3.8) is 0 Å². The van der Waals surface area contributed by atoms with E-state index in [0.717, 1.165) is 16.5 Å². The molecule has 0 unspecified atom stereocenters. The van der Waals surface area contributed by atoms with E-state index >= 15 is 0 Å². The van der Waals surface area contributed by atoms with E-state index in [1.807, 2.05) is 32.8 Å². The van der Waals surface area contributed by atoms with Gasteiger partial charge in [0.15, 0.2) is 5.17 Å². The SMILES string of the molecule is C=C(CC)SC(=NC)N(C)C.CC. The van der Waals surface area contributed by atoms with E-state index in [-0.39, 0.29) is 0 Å². The minimum atomic E-state index is 0.998. The number of hydrogen-bond acceptors (Lipinski definition) is 2. The summed E-state index contributed by atoms with van der Waals surface area (Å²) in [4.78, 5) is 7.26. The van der Waals surface area contributed by atoms with Gasteiger partial charge >= 0.3 is 0 Å². The summed E-state index contributed by atoms with van der Waals surface area (Å²) in [5.74, 6) is 0. The van der Waals surface area contributed by atoms with E-state index in [4.69, 9.17) is 0 Å². The van der Waals surface area contributed by atoms with Crippen LogP contribution in [-0.2, 0) is 0 Å². The summed E-state index contributed by atoms with van der Waals surface area (Å²) < 4.78 is 0. The summed E-state index contributed by atoms with van der Waals surface area (Å²) in [6, 6.07) is 0. The average molecular weight is 202 g/mol. The largest absolute Gasteiger partial charge is 0.357 e. The van der Waals surface area contributed by atoms with Gasteiger partial charge in [0.2, 0.25) is 0 Å². The average Bonchev–Trinajstić information content (AvgIpc) is 2.16. The van der Waals surface area contributed by atoms with Gasteiger partial charge in [-0.3, -0.25) is 4.99 Å². The highest BCUT2D eigenvalue weighted by Crippen LogP contribution is 2.19. The molecule has 0 saturated heterocycles. The maximum Gasteiger partial charge on any atom is 0.162 e. The van der Waals surface area contributed by atoms with Crippen LogP contribution in [-0.4, -0.2) is 31.2 Å². The minimum Gasteiger partial charge on any atom is -0.357 e. The molecular formula is C10H22N2S. The summed E-state index contributed by atoms with van der Waals surface area (Å²) in [5.41, 5.74) is 0. The maximum absolute atomic E-state index is 4.12. The second-order valence-electron chi connectivity index (χ2n) is 2.39. The zero-order valence-electron chi connectivity index (χ0n) is 9.72. The Labute approximate surface area is 87.1 Å². The van der Waals surface area contributed by atoms with Crippen molar-refractivity contribution in [1.29, 1.82) is 0 Å². The first-order valence-electron chi connectivity index (χ1n) is 4.61. The van der Waals surface area contributed by atoms with E-state index < -0.39 is 0 Å². The fourth-order valence-electron chi connectivity index (χ4n) is 0.538. The van der Waals surface area contributed by atoms with Gasteiger partial charge in [0.05, 0.1) is 0 Å². The highest BCUT2D eigenvalue weighted by Gasteiger charge is 2.02. The molecule has 0 aromatic carbocycles. The van der Waals surface area contributed by atoms with E-state index in [9.17, 15) is 0 Å². The first kappa shape index (κ1) is 15.1. The van der Waals surface area contributed by atoms with Crippen LogP contribution in [0, 0.1) is 0 Å². The fourth-order valence-corrected chi connectivity index (χ4v) is 1.21. The van der Waals surface area contributed by atoms with E-state index in [0.29, 0.717) is 0 Å². The lowest BCUT2D eigenvalue weighted by atomic mass is 10.5. The molecule has 3 heteroatoms. The summed E-state index contributed by atoms with van der Waals surface area (Å²) in [5, 5.41) is 1.01. The molecule has 78 valence electrons. The molecule has 0 bridgehead atoms. The normalized spacial score (nSPS) is 10.2. The van der Waals surface area contributed by atoms with Crippen LogP contribution in [0.1, 0.15) is 27.2 Å². The standard InChI is InChI=1S/C8H16N2S.C2H6/c1-6-7(2)11-8(9-3)10(4)5;1-2/h2,6H2,1,3-5H3;1-2H3. The molecular weight excluding hydrogens is 180 g/mol. The summed E-state index contributed by atoms with van der Waals surface area (Å²) in [7, 11) is 5.77. The van der Waals surface area contributed by atoms with Gasteiger partial charge in [-0.05, 0) is 11.3 Å². The predicted molar refractivity (Wildman–Crippen MR) is 65.4 cm³/mol. The van der Waals surface area contributed by atoms with Crippen LogP contribution in [0.4, 0.5) is 0 Å². The number of hydrogen-bond donors (Lipinski definition) is 0. The first-order valence-corrected chi connectivity index (χ1v) is 5.43. The second-order valence-corrected chi connectivity index (χ2v) is 3.54. The summed E-state index contributed by atoms with van der Waals surface area (Å²) in [6.07, 6.45) is 0.998. The molecule has 0 radical (unpaired) electrons. The van der Waals surface area contributed by atoms with Crippen molar-refractivity contribution in [1.82, 2.24) is 4.90 Å². The topological polar surface area (TPSA) is 15.6 Å². The Morgan fingerprint density at radius 1 is 1.38 bits per heavy atom. The molecule has 0 heterocycles. The van der Waals surface area contributed by atoms with Gasteiger partial charge in [-0.2, -0.15) is 0 Å². The van der Waals surface area contributed by atoms with E-state index in [1.54, 1.807) is 18.8 Å². The van der Waals surface area contributed by atoms with Gasteiger partial charge in [-0.15, -0.1) is 0 Å². The third-order valence-corrected chi connectivity index (χ3v) is 2.51. The highest BCUT2D eigenvalue weighted by molar-refractivity contribution is 8.17. The van der Waals surface area contributed by atoms with Gasteiger partial charge < -0.3 is 4.90 Å². The van der Waals surface area contributed by atoms with Crippen molar-refractivity contribution < 1.29 is 0 Å². The molecule has 0 aromatic rings. The predicted octanol–water partition coefficient (Wildman–Crippen LogP) is 3.22. The van der Waals surface area contributed by atoms with Crippen molar-refractivity contribution in [2.45, 2.75) is 27.2 Å². The van der Waals surface area contributed by atoms with Gasteiger partial charge in [-0.25, -0.2) is 0 Å². The van der Waals surface area contributed by atoms with E-state index in [1.165, 1.54) is 0 Å². The summed E-state index contributed by atoms with van der Waals surface area (Å²) >= 11 is 1.63. The molecule has 0 aliphatic rings. The zero-order chi connectivity index (χ0) is 10.9. The molecule has 0 amide bonds. The molecule has 0 aliphatic carbocycles. The Morgan fingerprint density at radius 2 is 1.85 bits per heavy atom. The van der Waals surface area contributed by atoms with Gasteiger partial charge in [0.1, 0.15) is 0 Å². The molecule has 0 rings (SSSR count). The van der Waals surface area contributed by atoms with Gasteiger partial charge in [0, 0.05) is 21.1 Å². The molecule has 0 atom stereocenters. The summed E-state index contributed by atoms with van der Waals surface area (Å²) in [6.45, 7) is 9.99. The highest BCUT2D eigenvalue weighted by atomic mass is 32.2. The number of thioether (sulfide) groups is 1. The molecule has 0 fully saturated rings. The molecule has 0 aromatic heterocycles. The Kier molecular flexibility index (Phi) is 11.2. The van der Waals surface area contributed by atoms with Crippen LogP contribution in [0.2, 0.25) is 0 Å². The molecule has 2 nitrogen and oxygen atoms in total. The van der Waals surface area contributed by atoms with Gasteiger partial charge in [0.25, 0.3) is 0 Å². The van der Waals surface area contributed by atoms with Crippen LogP contribution >= 0.6 is 11.8 Å². The molecule has 0 aliphatic heterocycles. The molecule has 13 heavy (non-hydrogen) atoms. The second kappa shape index (κ2) is 9.65. The number of amidine groups is 1. The third-order valence-electron chi connectivity index (χ3n) is 1.20. The van der Waals surface area contributed by atoms with Crippen molar-refractivity contribution in [2.24, 2.45) is 4.99 Å². The number of nitrogens with zero attached hydrogens (tertiary/aromatic N) is 2. The number of allylic oxidation sites excluding steroid dienone is 1. The van der Waals surface area contributed by atoms with Crippen LogP contribution < -0.4 is 0 Å². The van der Waals surface area contributed by atoms with Crippen molar-refractivity contribution in [3.8, 4) is 0 Å². The van der Waals surface area contributed by atoms with E-state index in [2.05, 4.69) is 18.5 Å². The van der Waals surface area contributed by atoms with Crippen LogP contribution in [0.15, 0.2) is 16.5 Å². The van der Waals surface area contributed by atoms with Crippen LogP contribution in [0.5, 0.6) is 0 Å². The third kappa shape index (κ3) is 7.91. The number of aliphatic imine (C=N–C) groups is 1. The Hall–Kier alpha value is -0.440. The zero-order valence-corrected chi connectivity index (χ0v) is 10.5. The Morgan fingerprint density at radius 3 is 2.08 bits per heavy atom. The lowest BCUT2D eigenvalue weighted by Crippen LogP contribution is -2.18. The molecule has 0 spiro atoms. The van der Waals surface area contributed by atoms with Crippen LogP contribution in [0.3, 0.4) is 0 Å². The smallest absolute Gasteiger partial charge is 0.162 e. The Bertz CT molecular complexity index is 162. The first-order chi connectivity index (χ1) is 6.11. The van der Waals surface area contributed by atoms with Gasteiger partial charge in [-0.1, -0.05) is 39.1 Å². The fraction of sp³-hybridized carbons (Fsp3) is 0.700. The maximum atomic E-state index is 4.12. The quantitative estimate of drug-likeness (QED) is 0.505. The minimum absolute atomic E-state index is 0.998. The molecule has 0 saturated carbocycles. The Balaban J connectivity index is 0. The number of rotatable bonds is 2. The monoisotopic (exact) mass is 202 g/mol. The van der Waals surface area contributed by atoms with Crippen molar-refractivity contribution in [3.05, 3.63) is 11.5 Å². The van der Waals surface area contributed by atoms with Crippen LogP contribution in [0.25, 0.3) is 0 Å². The lowest BCUT2D eigenvalue weighted by Gasteiger charge is -2.14. The lowest BCUT2D eigenvalue weighted by molar-refractivity contribution is 0.635. The van der Waals surface area contributed by atoms with Crippen molar-refractivity contribution in [2.75, 3.05) is 21.1 Å². The van der Waals surface area contributed by atoms with Crippen molar-refractivity contribution >= 4 is 16.9 Å². The molecule has 0 N–H and O–H groups in total.